The number of benzene rings is 1. The van der Waals surface area contributed by atoms with Crippen molar-refractivity contribution in [2.75, 3.05) is 13.2 Å². The molecule has 1 atom stereocenters. The second-order valence-corrected chi connectivity index (χ2v) is 6.94. The van der Waals surface area contributed by atoms with E-state index in [1.807, 2.05) is 0 Å². The normalized spacial score (nSPS) is 22.0. The highest BCUT2D eigenvalue weighted by Crippen LogP contribution is 2.27. The summed E-state index contributed by atoms with van der Waals surface area (Å²) < 4.78 is 59.0. The molecule has 1 aromatic rings. The van der Waals surface area contributed by atoms with E-state index in [9.17, 15) is 22.0 Å². The van der Waals surface area contributed by atoms with E-state index < -0.39 is 44.5 Å². The number of ether oxygens (including phenoxy) is 1. The van der Waals surface area contributed by atoms with Crippen LogP contribution in [0.3, 0.4) is 0 Å². The van der Waals surface area contributed by atoms with Gasteiger partial charge in [-0.25, -0.2) is 21.9 Å². The molecule has 9 heteroatoms. The molecule has 0 amide bonds. The highest BCUT2D eigenvalue weighted by atomic mass is 32.2. The summed E-state index contributed by atoms with van der Waals surface area (Å²) in [6.45, 7) is 1.38. The van der Waals surface area contributed by atoms with E-state index in [4.69, 9.17) is 9.84 Å². The van der Waals surface area contributed by atoms with E-state index in [2.05, 4.69) is 4.72 Å². The van der Waals surface area contributed by atoms with Crippen LogP contribution in [0, 0.1) is 18.6 Å². The van der Waals surface area contributed by atoms with Gasteiger partial charge in [0.15, 0.2) is 0 Å². The molecule has 1 heterocycles. The number of nitrogens with one attached hydrogen (secondary N) is 1. The maximum absolute atomic E-state index is 13.8. The Labute approximate surface area is 126 Å². The molecule has 2 N–H and O–H groups in total. The minimum atomic E-state index is -4.35. The molecule has 1 saturated heterocycles. The van der Waals surface area contributed by atoms with Crippen molar-refractivity contribution in [1.29, 1.82) is 0 Å². The van der Waals surface area contributed by atoms with Gasteiger partial charge >= 0.3 is 5.97 Å². The second kappa shape index (κ2) is 5.90. The Morgan fingerprint density at radius 1 is 1.41 bits per heavy atom. The zero-order valence-electron chi connectivity index (χ0n) is 11.7. The minimum absolute atomic E-state index is 0.0308. The number of hydrogen-bond acceptors (Lipinski definition) is 4. The topological polar surface area (TPSA) is 92.7 Å². The lowest BCUT2D eigenvalue weighted by atomic mass is 9.96. The predicted octanol–water partition coefficient (Wildman–Crippen LogP) is 1.19. The first kappa shape index (κ1) is 16.8. The van der Waals surface area contributed by atoms with Crippen LogP contribution in [0.1, 0.15) is 18.4 Å². The molecule has 1 aromatic carbocycles. The standard InChI is InChI=1S/C13H15F2NO5S/c1-8-4-11(10(15)5-9(8)14)22(19,20)16-13(6-12(17)18)2-3-21-7-13/h4-5,16H,2-3,6-7H2,1H3,(H,17,18). The SMILES string of the molecule is Cc1cc(S(=O)(=O)NC2(CC(=O)O)CCOC2)c(F)cc1F. The fourth-order valence-electron chi connectivity index (χ4n) is 2.33. The average Bonchev–Trinajstić information content (AvgIpc) is 2.79. The Morgan fingerprint density at radius 3 is 2.64 bits per heavy atom. The van der Waals surface area contributed by atoms with Crippen LogP contribution in [0.4, 0.5) is 8.78 Å². The Morgan fingerprint density at radius 2 is 2.09 bits per heavy atom. The van der Waals surface area contributed by atoms with Gasteiger partial charge in [0.2, 0.25) is 10.0 Å². The lowest BCUT2D eigenvalue weighted by Gasteiger charge is -2.26. The third kappa shape index (κ3) is 3.42. The van der Waals surface area contributed by atoms with Crippen LogP contribution in [0.2, 0.25) is 0 Å². The Hall–Kier alpha value is -1.58. The molecule has 1 aliphatic heterocycles. The second-order valence-electron chi connectivity index (χ2n) is 5.29. The molecule has 0 radical (unpaired) electrons. The molecule has 0 saturated carbocycles. The fourth-order valence-corrected chi connectivity index (χ4v) is 3.89. The first-order chi connectivity index (χ1) is 10.2. The molecule has 2 rings (SSSR count). The Kier molecular flexibility index (Phi) is 4.50. The number of aryl methyl sites for hydroxylation is 1. The van der Waals surface area contributed by atoms with Gasteiger partial charge in [-0.1, -0.05) is 0 Å². The predicted molar refractivity (Wildman–Crippen MR) is 71.8 cm³/mol. The van der Waals surface area contributed by atoms with Gasteiger partial charge in [-0.2, -0.15) is 0 Å². The van der Waals surface area contributed by atoms with Crippen molar-refractivity contribution in [1.82, 2.24) is 4.72 Å². The molecule has 0 bridgehead atoms. The van der Waals surface area contributed by atoms with Crippen molar-refractivity contribution in [2.45, 2.75) is 30.2 Å². The van der Waals surface area contributed by atoms with Gasteiger partial charge in [-0.3, -0.25) is 4.79 Å². The average molecular weight is 335 g/mol. The zero-order valence-corrected chi connectivity index (χ0v) is 12.5. The van der Waals surface area contributed by atoms with Gasteiger partial charge in [0.1, 0.15) is 16.5 Å². The van der Waals surface area contributed by atoms with Crippen molar-refractivity contribution >= 4 is 16.0 Å². The monoisotopic (exact) mass is 335 g/mol. The van der Waals surface area contributed by atoms with Gasteiger partial charge in [0, 0.05) is 12.7 Å². The lowest BCUT2D eigenvalue weighted by Crippen LogP contribution is -2.50. The smallest absolute Gasteiger partial charge is 0.305 e. The summed E-state index contributed by atoms with van der Waals surface area (Å²) in [4.78, 5) is 10.2. The van der Waals surface area contributed by atoms with Crippen molar-refractivity contribution in [2.24, 2.45) is 0 Å². The maximum atomic E-state index is 13.8. The number of carbonyl (C=O) groups is 1. The van der Waals surface area contributed by atoms with Crippen LogP contribution in [-0.2, 0) is 19.6 Å². The van der Waals surface area contributed by atoms with E-state index in [1.54, 1.807) is 0 Å². The number of rotatable bonds is 5. The van der Waals surface area contributed by atoms with Gasteiger partial charge in [-0.05, 0) is 25.0 Å². The first-order valence-electron chi connectivity index (χ1n) is 6.44. The molecule has 1 aliphatic rings. The first-order valence-corrected chi connectivity index (χ1v) is 7.93. The molecular weight excluding hydrogens is 320 g/mol. The van der Waals surface area contributed by atoms with Crippen molar-refractivity contribution in [3.8, 4) is 0 Å². The number of hydrogen-bond donors (Lipinski definition) is 2. The van der Waals surface area contributed by atoms with E-state index in [0.717, 1.165) is 6.07 Å². The quantitative estimate of drug-likeness (QED) is 0.843. The zero-order chi connectivity index (χ0) is 16.5. The number of sulfonamides is 1. The lowest BCUT2D eigenvalue weighted by molar-refractivity contribution is -0.138. The summed E-state index contributed by atoms with van der Waals surface area (Å²) in [5, 5.41) is 8.93. The van der Waals surface area contributed by atoms with Gasteiger partial charge in [0.25, 0.3) is 0 Å². The minimum Gasteiger partial charge on any atom is -0.481 e. The molecule has 6 nitrogen and oxygen atoms in total. The van der Waals surface area contributed by atoms with Crippen LogP contribution in [0.5, 0.6) is 0 Å². The van der Waals surface area contributed by atoms with Crippen LogP contribution in [0.25, 0.3) is 0 Å². The fraction of sp³-hybridized carbons (Fsp3) is 0.462. The maximum Gasteiger partial charge on any atom is 0.305 e. The van der Waals surface area contributed by atoms with Gasteiger partial charge in [0.05, 0.1) is 18.6 Å². The van der Waals surface area contributed by atoms with E-state index in [0.29, 0.717) is 6.07 Å². The summed E-state index contributed by atoms with van der Waals surface area (Å²) >= 11 is 0. The number of aliphatic carboxylic acids is 1. The van der Waals surface area contributed by atoms with E-state index >= 15 is 0 Å². The molecule has 22 heavy (non-hydrogen) atoms. The summed E-state index contributed by atoms with van der Waals surface area (Å²) in [5.41, 5.74) is -1.36. The molecule has 0 spiro atoms. The van der Waals surface area contributed by atoms with Crippen LogP contribution < -0.4 is 4.72 Å². The third-order valence-corrected chi connectivity index (χ3v) is 5.04. The van der Waals surface area contributed by atoms with Crippen molar-refractivity contribution < 1.29 is 31.8 Å². The van der Waals surface area contributed by atoms with E-state index in [-0.39, 0.29) is 25.2 Å². The third-order valence-electron chi connectivity index (χ3n) is 3.45. The highest BCUT2D eigenvalue weighted by molar-refractivity contribution is 7.89. The Bertz CT molecular complexity index is 699. The highest BCUT2D eigenvalue weighted by Gasteiger charge is 2.41. The number of carboxylic acids is 1. The largest absolute Gasteiger partial charge is 0.481 e. The summed E-state index contributed by atoms with van der Waals surface area (Å²) in [7, 11) is -4.35. The summed E-state index contributed by atoms with van der Waals surface area (Å²) in [6, 6.07) is 1.36. The van der Waals surface area contributed by atoms with Crippen molar-refractivity contribution in [3.05, 3.63) is 29.3 Å². The van der Waals surface area contributed by atoms with Crippen molar-refractivity contribution in [3.63, 3.8) is 0 Å². The summed E-state index contributed by atoms with van der Waals surface area (Å²) in [5.74, 6) is -3.30. The molecule has 1 unspecified atom stereocenters. The van der Waals surface area contributed by atoms with Gasteiger partial charge in [-0.15, -0.1) is 0 Å². The van der Waals surface area contributed by atoms with Crippen LogP contribution >= 0.6 is 0 Å². The number of halogens is 2. The Balaban J connectivity index is 2.38. The molecule has 0 aromatic heterocycles. The molecule has 122 valence electrons. The molecular formula is C13H15F2NO5S. The summed E-state index contributed by atoms with van der Waals surface area (Å²) in [6.07, 6.45) is -0.339. The molecule has 1 fully saturated rings. The van der Waals surface area contributed by atoms with Gasteiger partial charge < -0.3 is 9.84 Å². The van der Waals surface area contributed by atoms with E-state index in [1.165, 1.54) is 6.92 Å². The number of carboxylic acid groups (broad SMARTS) is 1. The van der Waals surface area contributed by atoms with Crippen LogP contribution in [0.15, 0.2) is 17.0 Å². The van der Waals surface area contributed by atoms with Crippen LogP contribution in [-0.4, -0.2) is 38.2 Å². The molecule has 0 aliphatic carbocycles.